The lowest BCUT2D eigenvalue weighted by Gasteiger charge is -2.25. The summed E-state index contributed by atoms with van der Waals surface area (Å²) in [6.45, 7) is 10.8. The largest absolute Gasteiger partial charge is 0.452 e. The lowest BCUT2D eigenvalue weighted by molar-refractivity contribution is 0.468. The van der Waals surface area contributed by atoms with Gasteiger partial charge in [0.05, 0.1) is 17.9 Å². The molecule has 0 unspecified atom stereocenters. The van der Waals surface area contributed by atoms with Crippen LogP contribution in [0.2, 0.25) is 0 Å². The van der Waals surface area contributed by atoms with Crippen molar-refractivity contribution in [2.24, 2.45) is 0 Å². The van der Waals surface area contributed by atoms with Gasteiger partial charge in [-0.05, 0) is 453 Å². The van der Waals surface area contributed by atoms with E-state index in [2.05, 4.69) is 608 Å². The van der Waals surface area contributed by atoms with Gasteiger partial charge in [-0.1, -0.05) is 262 Å². The second kappa shape index (κ2) is 47.6. The van der Waals surface area contributed by atoms with Crippen molar-refractivity contribution in [3.8, 4) is 22.6 Å². The van der Waals surface area contributed by atoms with Gasteiger partial charge in [0.25, 0.3) is 0 Å². The molecule has 0 aliphatic heterocycles. The average Bonchev–Trinajstić information content (AvgIpc) is 0.765. The fraction of sp³-hybridized carbons (Fsp3) is 0.262. The summed E-state index contributed by atoms with van der Waals surface area (Å²) in [5, 5.41) is 7.53. The maximum atomic E-state index is 6.29. The highest BCUT2D eigenvalue weighted by atomic mass is 80.0. The summed E-state index contributed by atoms with van der Waals surface area (Å²) in [6.07, 6.45) is 0.837. The topological polar surface area (TPSA) is 9.23 Å². The standard InChI is InChI=1S/C19H14Br10.C18H16Br6.C14H4Br10O.C14H4Br10/c20-2-10-8(11(3-21)17(27)14(6-24)16(10)26)1-9-12(4-22)18(28)15(7-25)19(29)13(9)5-23;1-6-8(3)15(21)17(23)11(13(6)19)10(5)12-14(20)7(2)9(4)16(22)18(12)24;15-1-3-5(17)9(21)13(10(22)6(3)18)25-14-11(23)7(19)4(2-16)8(20)12(14)24;15-1-3-7(17)11(21)5(12(22)8(3)18)6-13(23)9(19)4(2-16)10(20)14(6)24/h1-7H2;10H,1-5H3;1-2H2;1-2H2. The van der Waals surface area contributed by atoms with Gasteiger partial charge in [-0.3, -0.25) is 0 Å². The van der Waals surface area contributed by atoms with Crippen LogP contribution in [0.1, 0.15) is 113 Å². The van der Waals surface area contributed by atoms with E-state index in [0.29, 0.717) is 22.2 Å². The fourth-order valence-electron chi connectivity index (χ4n) is 9.79. The molecule has 0 fully saturated rings. The van der Waals surface area contributed by atoms with E-state index in [1.54, 1.807) is 0 Å². The third kappa shape index (κ3) is 22.7. The summed E-state index contributed by atoms with van der Waals surface area (Å²) in [5.41, 5.74) is 24.2. The first-order valence-electron chi connectivity index (χ1n) is 27.6. The monoisotopic (exact) mass is 3680 g/mol. The molecule has 0 aliphatic rings. The molecule has 1 nitrogen and oxygen atoms in total. The van der Waals surface area contributed by atoms with Crippen LogP contribution in [-0.2, 0) is 59.7 Å². The van der Waals surface area contributed by atoms with E-state index in [0.717, 1.165) is 199 Å². The van der Waals surface area contributed by atoms with E-state index >= 15 is 0 Å². The van der Waals surface area contributed by atoms with Crippen molar-refractivity contribution >= 4 is 573 Å². The third-order valence-electron chi connectivity index (χ3n) is 15.7. The van der Waals surface area contributed by atoms with Crippen LogP contribution >= 0.6 is 573 Å². The van der Waals surface area contributed by atoms with Gasteiger partial charge in [-0.25, -0.2) is 0 Å². The molecule has 0 saturated carbocycles. The Labute approximate surface area is 898 Å². The molecule has 8 rings (SSSR count). The van der Waals surface area contributed by atoms with Gasteiger partial charge in [0, 0.05) is 169 Å². The molecule has 8 aromatic rings. The van der Waals surface area contributed by atoms with Crippen LogP contribution in [-0.4, -0.2) is 0 Å². The van der Waals surface area contributed by atoms with Gasteiger partial charge in [0.1, 0.15) is 0 Å². The zero-order chi connectivity index (χ0) is 77.8. The predicted octanol–water partition coefficient (Wildman–Crippen LogP) is 44.0. The Balaban J connectivity index is 0.000000246. The smallest absolute Gasteiger partial charge is 0.158 e. The average molecular weight is 3710 g/mol. The zero-order valence-electron chi connectivity index (χ0n) is 51.4. The van der Waals surface area contributed by atoms with Crippen LogP contribution < -0.4 is 4.74 Å². The molecule has 556 valence electrons. The van der Waals surface area contributed by atoms with Crippen molar-refractivity contribution in [2.45, 2.75) is 100 Å². The van der Waals surface area contributed by atoms with Crippen molar-refractivity contribution in [1.82, 2.24) is 0 Å². The van der Waals surface area contributed by atoms with Crippen molar-refractivity contribution in [2.75, 3.05) is 0 Å². The molecule has 0 heterocycles. The maximum Gasteiger partial charge on any atom is 0.158 e. The second-order valence-corrected chi connectivity index (χ2v) is 47.2. The highest BCUT2D eigenvalue weighted by Gasteiger charge is 2.32. The Kier molecular flexibility index (Phi) is 48.3. The maximum absolute atomic E-state index is 6.29. The molecule has 0 N–H and O–H groups in total. The van der Waals surface area contributed by atoms with Crippen molar-refractivity contribution < 1.29 is 4.74 Å². The molecule has 102 heavy (non-hydrogen) atoms. The quantitative estimate of drug-likeness (QED) is 0.0652. The highest BCUT2D eigenvalue weighted by Crippen LogP contribution is 2.58. The van der Waals surface area contributed by atoms with Gasteiger partial charge in [-0.2, -0.15) is 0 Å². The third-order valence-corrected chi connectivity index (χ3v) is 49.3. The van der Waals surface area contributed by atoms with Crippen LogP contribution in [0.25, 0.3) is 11.1 Å². The van der Waals surface area contributed by atoms with E-state index in [4.69, 9.17) is 4.74 Å². The van der Waals surface area contributed by atoms with E-state index < -0.39 is 0 Å². The van der Waals surface area contributed by atoms with E-state index in [9.17, 15) is 0 Å². The SMILES string of the molecule is BrCc1c(Br)c(Br)c(-c2c(Br)c(Br)c(CBr)c(Br)c2Br)c(Br)c1Br.BrCc1c(Br)c(Br)c(Oc2c(Br)c(Br)c(CBr)c(Br)c2Br)c(Br)c1Br.BrCc1c(Br)c(CBr)c(Cc2c(CBr)c(Br)c(CBr)c(Br)c2CBr)c(CBr)c1Br.Cc1c(C)c(Br)c(C(C)c2c(Br)c(C)c(C)c(Br)c2Br)c(Br)c1Br. The first-order chi connectivity index (χ1) is 47.7. The molecule has 0 saturated heterocycles. The molecule has 0 spiro atoms. The van der Waals surface area contributed by atoms with Crippen molar-refractivity contribution in [3.63, 3.8) is 0 Å². The Morgan fingerprint density at radius 3 is 0.569 bits per heavy atom. The summed E-state index contributed by atoms with van der Waals surface area (Å²) in [7, 11) is 0. The number of hydrogen-bond acceptors (Lipinski definition) is 1. The van der Waals surface area contributed by atoms with Crippen LogP contribution in [0, 0.1) is 27.7 Å². The number of benzene rings is 8. The molecule has 0 radical (unpaired) electrons. The Morgan fingerprint density at radius 1 is 0.196 bits per heavy atom. The number of alkyl halides is 10. The second-order valence-electron chi connectivity index (χ2n) is 21.0. The molecule has 0 amide bonds. The van der Waals surface area contributed by atoms with Crippen molar-refractivity contribution in [1.29, 1.82) is 0 Å². The summed E-state index contributed by atoms with van der Waals surface area (Å²) in [4.78, 5) is 0. The molecule has 37 heteroatoms. The van der Waals surface area contributed by atoms with Gasteiger partial charge in [0.15, 0.2) is 11.5 Å². The van der Waals surface area contributed by atoms with Crippen molar-refractivity contribution in [3.05, 3.63) is 216 Å². The molecule has 0 aliphatic carbocycles. The molecule has 0 bridgehead atoms. The summed E-state index contributed by atoms with van der Waals surface area (Å²) in [6, 6.07) is 0. The number of halogens is 36. The van der Waals surface area contributed by atoms with Crippen LogP contribution in [0.5, 0.6) is 11.5 Å². The van der Waals surface area contributed by atoms with Crippen LogP contribution in [0.3, 0.4) is 0 Å². The van der Waals surface area contributed by atoms with E-state index in [1.807, 2.05) is 0 Å². The lowest BCUT2D eigenvalue weighted by Crippen LogP contribution is -2.09. The molecule has 8 aromatic carbocycles. The number of ether oxygens (including phenoxy) is 1. The normalized spacial score (nSPS) is 11.3. The molecular weight excluding hydrogens is 3670 g/mol. The Bertz CT molecular complexity index is 4050. The number of hydrogen-bond donors (Lipinski definition) is 0. The minimum atomic E-state index is 0.184. The minimum Gasteiger partial charge on any atom is -0.452 e. The number of rotatable bonds is 17. The highest BCUT2D eigenvalue weighted by molar-refractivity contribution is 9.17. The van der Waals surface area contributed by atoms with Crippen LogP contribution in [0.4, 0.5) is 0 Å². The van der Waals surface area contributed by atoms with E-state index in [-0.39, 0.29) is 5.92 Å². The fourth-order valence-corrected chi connectivity index (χ4v) is 40.9. The lowest BCUT2D eigenvalue weighted by atomic mass is 9.89. The Morgan fingerprint density at radius 2 is 0.373 bits per heavy atom. The van der Waals surface area contributed by atoms with E-state index in [1.165, 1.54) is 77.9 Å². The molecule has 0 atom stereocenters. The first-order valence-corrected chi connectivity index (χ1v) is 59.5. The zero-order valence-corrected chi connectivity index (χ0v) is 108. The minimum absolute atomic E-state index is 0.184. The van der Waals surface area contributed by atoms with Gasteiger partial charge in [0.2, 0.25) is 0 Å². The van der Waals surface area contributed by atoms with Crippen LogP contribution in [0.15, 0.2) is 116 Å². The molecule has 0 aromatic heterocycles. The predicted molar refractivity (Wildman–Crippen MR) is 566 cm³/mol. The summed E-state index contributed by atoms with van der Waals surface area (Å²) in [5.74, 6) is 1.48. The van der Waals surface area contributed by atoms with Gasteiger partial charge >= 0.3 is 0 Å². The summed E-state index contributed by atoms with van der Waals surface area (Å²) < 4.78 is 32.4. The molecular formula is C65H38Br36O. The summed E-state index contributed by atoms with van der Waals surface area (Å²) >= 11 is 133. The Hall–Kier alpha value is 10.8. The van der Waals surface area contributed by atoms with Gasteiger partial charge in [-0.15, -0.1) is 0 Å². The first kappa shape index (κ1) is 103. The van der Waals surface area contributed by atoms with Gasteiger partial charge < -0.3 is 4.74 Å².